The van der Waals surface area contributed by atoms with Crippen LogP contribution in [0.25, 0.3) is 101 Å². The van der Waals surface area contributed by atoms with E-state index < -0.39 is 5.91 Å². The van der Waals surface area contributed by atoms with Crippen molar-refractivity contribution in [2.24, 2.45) is 43.9 Å². The molecule has 13 N–H and O–H groups in total. The van der Waals surface area contributed by atoms with Crippen molar-refractivity contribution in [3.63, 3.8) is 0 Å². The van der Waals surface area contributed by atoms with Crippen LogP contribution in [-0.4, -0.2) is 146 Å². The highest BCUT2D eigenvalue weighted by Gasteiger charge is 2.52. The molecule has 3 aliphatic heterocycles. The molecule has 1 amide bonds. The summed E-state index contributed by atoms with van der Waals surface area (Å²) < 4.78 is 19.0. The van der Waals surface area contributed by atoms with Gasteiger partial charge >= 0.3 is 7.12 Å². The van der Waals surface area contributed by atoms with Gasteiger partial charge in [-0.1, -0.05) is 70.1 Å². The molecule has 2 atom stereocenters. The van der Waals surface area contributed by atoms with E-state index in [2.05, 4.69) is 122 Å². The van der Waals surface area contributed by atoms with Gasteiger partial charge in [0.25, 0.3) is 5.91 Å². The minimum absolute atomic E-state index is 0.000810. The van der Waals surface area contributed by atoms with Crippen molar-refractivity contribution in [2.45, 2.75) is 77.9 Å². The molecular formula is C83H79BBrCl5N30O3. The summed E-state index contributed by atoms with van der Waals surface area (Å²) in [4.78, 5) is 65.2. The molecule has 0 aliphatic carbocycles. The lowest BCUT2D eigenvalue weighted by Crippen LogP contribution is -2.41. The monoisotopic (exact) mass is 1810 g/mol. The van der Waals surface area contributed by atoms with Crippen LogP contribution in [0.1, 0.15) is 97.8 Å². The molecule has 15 heterocycles. The molecule has 624 valence electrons. The first-order valence-corrected chi connectivity index (χ1v) is 40.6. The molecule has 3 aliphatic rings. The number of nitrogens with zero attached hydrogens (tertiary/aromatic N) is 22. The number of hydrogen-bond acceptors (Lipinski definition) is 26. The molecule has 40 heteroatoms. The number of aryl methyl sites for hydroxylation is 4. The van der Waals surface area contributed by atoms with Gasteiger partial charge in [0.15, 0.2) is 22.5 Å². The van der Waals surface area contributed by atoms with Crippen molar-refractivity contribution < 1.29 is 14.1 Å². The topological polar surface area (TPSA) is 460 Å². The van der Waals surface area contributed by atoms with E-state index in [1.807, 2.05) is 185 Å². The zero-order valence-corrected chi connectivity index (χ0v) is 73.1. The highest BCUT2D eigenvalue weighted by atomic mass is 79.9. The summed E-state index contributed by atoms with van der Waals surface area (Å²) in [5.74, 6) is 0.466. The maximum atomic E-state index is 13.1. The van der Waals surface area contributed by atoms with Crippen molar-refractivity contribution >= 4 is 150 Å². The first kappa shape index (κ1) is 86.5. The van der Waals surface area contributed by atoms with E-state index in [-0.39, 0.29) is 52.9 Å². The van der Waals surface area contributed by atoms with Crippen LogP contribution in [0.5, 0.6) is 0 Å². The number of aromatic nitrogens is 22. The average Bonchev–Trinajstić information content (AvgIpc) is 1.77. The number of pyridine rings is 2. The zero-order chi connectivity index (χ0) is 87.3. The molecule has 16 aromatic rings. The van der Waals surface area contributed by atoms with E-state index in [1.54, 1.807) is 75.1 Å². The molecular weight excluding hydrogens is 1730 g/mol. The lowest BCUT2D eigenvalue weighted by Gasteiger charge is -2.32. The lowest BCUT2D eigenvalue weighted by atomic mass is 9.85. The minimum atomic E-state index is -0.465. The van der Waals surface area contributed by atoms with Crippen LogP contribution in [-0.2, 0) is 50.6 Å². The molecule has 19 rings (SSSR count). The number of nitrogens with one attached hydrogen (secondary N) is 3. The second kappa shape index (κ2) is 36.9. The Bertz CT molecular complexity index is 6640. The fourth-order valence-electron chi connectivity index (χ4n) is 12.9. The number of H-pyrrole nitrogens is 2. The minimum Gasteiger partial charge on any atom is -0.398 e. The number of anilines is 4. The number of hydrogen-bond donors (Lipinski definition) is 8. The van der Waals surface area contributed by atoms with E-state index in [0.29, 0.717) is 123 Å². The molecule has 1 saturated heterocycles. The van der Waals surface area contributed by atoms with Crippen LogP contribution in [0.3, 0.4) is 0 Å². The first-order valence-electron chi connectivity index (χ1n) is 37.9. The maximum absolute atomic E-state index is 13.1. The Labute approximate surface area is 738 Å². The van der Waals surface area contributed by atoms with Crippen LogP contribution in [0.2, 0.25) is 25.2 Å². The number of halogens is 6. The number of amides is 1. The highest BCUT2D eigenvalue weighted by Crippen LogP contribution is 2.41. The summed E-state index contributed by atoms with van der Waals surface area (Å²) in [6.07, 6.45) is 20.8. The second-order valence-electron chi connectivity index (χ2n) is 29.4. The zero-order valence-electron chi connectivity index (χ0n) is 67.7. The molecule has 0 radical (unpaired) electrons. The molecule has 0 unspecified atom stereocenters. The Balaban J connectivity index is 0.000000125. The summed E-state index contributed by atoms with van der Waals surface area (Å²) in [7, 11) is 7.03. The van der Waals surface area contributed by atoms with Crippen molar-refractivity contribution in [3.05, 3.63) is 240 Å². The van der Waals surface area contributed by atoms with Gasteiger partial charge in [-0.3, -0.25) is 58.7 Å². The van der Waals surface area contributed by atoms with Gasteiger partial charge in [-0.05, 0) is 166 Å². The number of benzene rings is 4. The van der Waals surface area contributed by atoms with E-state index in [1.165, 1.54) is 12.4 Å². The standard InChI is InChI=1S/C23H20ClN9O.C16H13ClN6.C15H11BrClN7.C12H8Cl2N4.C10H17BN2O2.C7H10N2/c1-12(16-5-3-4-7-26-16)28-23(34)21-22(25)30-20(17-6-8-33(2)32-17)19(29-21)13-9-14-11-27-31-18(14)15(24)10-13;1-23-3-2-13(22-23)16-15(20-8-14(18)21-16)9-4-10-6-19-7-11(10)12(17)5-9;1-24-3-2-10(23-24)13-12(20-14(16)15(18)21-13)7-4-8-6-19-22-11(8)9(17)5-7;13-9-2-6(1-7-3-16-4-8(7)9)11-12(14)18-10(15)5-17-11;1-9(2)10(3,4)15-11(14-9)8-6-7-13(5)12-8;1-6(8)7-4-2-3-5-9-7/h3-12H,1-2H3,(H2,25,30)(H,27,31)(H,28,34);2-6,8H,7H2,1H3,(H2,18,21);2-6H,1H3,(H2,18,21)(H,19,22);1-3,5H,4H2,(H2,15,18);6-7H,1-5H3;2-6H,8H2,1H3/t12-;;;;;6-/m1....1/s1. The predicted octanol–water partition coefficient (Wildman–Crippen LogP) is 14.5. The van der Waals surface area contributed by atoms with E-state index in [9.17, 15) is 4.79 Å². The van der Waals surface area contributed by atoms with Crippen LogP contribution in [0.4, 0.5) is 23.3 Å². The molecule has 0 spiro atoms. The third-order valence-electron chi connectivity index (χ3n) is 19.8. The van der Waals surface area contributed by atoms with Gasteiger partial charge < -0.3 is 43.3 Å². The Morgan fingerprint density at radius 1 is 0.504 bits per heavy atom. The number of rotatable bonds is 12. The molecule has 0 bridgehead atoms. The average molecular weight is 1810 g/mol. The maximum Gasteiger partial charge on any atom is 0.516 e. The molecule has 0 saturated carbocycles. The normalized spacial score (nSPS) is 13.6. The van der Waals surface area contributed by atoms with Crippen molar-refractivity contribution in [1.29, 1.82) is 0 Å². The van der Waals surface area contributed by atoms with Gasteiger partial charge in [-0.15, -0.1) is 0 Å². The number of carbonyl (C=O) groups is 1. The van der Waals surface area contributed by atoms with Gasteiger partial charge in [0.1, 0.15) is 56.1 Å². The predicted molar refractivity (Wildman–Crippen MR) is 485 cm³/mol. The van der Waals surface area contributed by atoms with E-state index in [4.69, 9.17) is 96.0 Å². The largest absolute Gasteiger partial charge is 0.516 e. The molecule has 123 heavy (non-hydrogen) atoms. The van der Waals surface area contributed by atoms with Crippen LogP contribution in [0.15, 0.2) is 186 Å². The third kappa shape index (κ3) is 19.7. The quantitative estimate of drug-likeness (QED) is 0.0527. The lowest BCUT2D eigenvalue weighted by molar-refractivity contribution is 0.00578. The summed E-state index contributed by atoms with van der Waals surface area (Å²) in [5.41, 5.74) is 45.6. The van der Waals surface area contributed by atoms with Crippen molar-refractivity contribution in [1.82, 2.24) is 115 Å². The van der Waals surface area contributed by atoms with Gasteiger partial charge in [0.05, 0.1) is 110 Å². The number of nitrogen functional groups attached to an aromatic ring is 4. The smallest absolute Gasteiger partial charge is 0.398 e. The number of nitrogens with two attached hydrogens (primary N) is 5. The Morgan fingerprint density at radius 3 is 1.41 bits per heavy atom. The second-order valence-corrected chi connectivity index (χ2v) is 32.1. The van der Waals surface area contributed by atoms with Crippen LogP contribution < -0.4 is 39.6 Å². The van der Waals surface area contributed by atoms with Crippen LogP contribution in [0, 0.1) is 0 Å². The summed E-state index contributed by atoms with van der Waals surface area (Å²) in [6, 6.07) is 33.4. The molecule has 1 fully saturated rings. The fraction of sp³-hybridized carbons (Fsp3) is 0.193. The first-order chi connectivity index (χ1) is 58.8. The van der Waals surface area contributed by atoms with Gasteiger partial charge in [-0.2, -0.15) is 30.6 Å². The summed E-state index contributed by atoms with van der Waals surface area (Å²) in [6.45, 7) is 13.1. The van der Waals surface area contributed by atoms with E-state index >= 15 is 0 Å². The van der Waals surface area contributed by atoms with E-state index in [0.717, 1.165) is 66.5 Å². The number of aliphatic imine (C=N–C) groups is 2. The fourth-order valence-corrected chi connectivity index (χ4v) is 14.5. The number of aromatic amines is 2. The van der Waals surface area contributed by atoms with Crippen molar-refractivity contribution in [3.8, 4) is 79.2 Å². The van der Waals surface area contributed by atoms with Crippen molar-refractivity contribution in [2.75, 3.05) is 22.9 Å². The summed E-state index contributed by atoms with van der Waals surface area (Å²) >= 11 is 34.8. The Kier molecular flexibility index (Phi) is 25.9. The van der Waals surface area contributed by atoms with Gasteiger partial charge in [-0.25, -0.2) is 34.9 Å². The van der Waals surface area contributed by atoms with Gasteiger partial charge in [0, 0.05) is 138 Å². The molecule has 33 nitrogen and oxygen atoms in total. The number of fused-ring (bicyclic) bond motifs is 4. The summed E-state index contributed by atoms with van der Waals surface area (Å²) in [5, 5.41) is 38.6. The Hall–Kier alpha value is -12.8. The highest BCUT2D eigenvalue weighted by molar-refractivity contribution is 9.10. The number of carbonyl (C=O) groups excluding carboxylic acids is 1. The van der Waals surface area contributed by atoms with Crippen LogP contribution >= 0.6 is 73.9 Å². The van der Waals surface area contributed by atoms with Gasteiger partial charge in [0.2, 0.25) is 0 Å². The third-order valence-corrected chi connectivity index (χ3v) is 21.9. The SMILES string of the molecule is C[C@@H](N)c1ccccn1.C[C@@H](NC(=O)c1nc(-c2cc(Cl)c3[nH]ncc3c2)c(-c2ccn(C)n2)nc1N)c1ccccn1.Cn1ccc(-c2nc(N)c(Br)nc2-c2cc(Cl)c3[nH]ncc3c2)n1.Cn1ccc(-c2nc(N)cnc2-c2cc(Cl)c3c(c2)C=NC3)n1.Cn1ccc(B2OC(C)(C)C(C)(C)O2)n1.Nc1cnc(-c2cc(Cl)c3c(c2)C=NC3)c(Cl)n1. The molecule has 12 aromatic heterocycles. The molecule has 4 aromatic carbocycles. The Morgan fingerprint density at radius 2 is 0.951 bits per heavy atom.